The largest absolute Gasteiger partial charge is 0.361 e. The zero-order chi connectivity index (χ0) is 13.9. The Kier molecular flexibility index (Phi) is 3.68. The number of thiazole rings is 1. The fourth-order valence-electron chi connectivity index (χ4n) is 2.06. The molecule has 2 amide bonds. The van der Waals surface area contributed by atoms with Gasteiger partial charge in [0.15, 0.2) is 0 Å². The summed E-state index contributed by atoms with van der Waals surface area (Å²) in [5.41, 5.74) is 0.717. The van der Waals surface area contributed by atoms with Crippen LogP contribution in [0.2, 0.25) is 0 Å². The molecule has 0 unspecified atom stereocenters. The highest BCUT2D eigenvalue weighted by atomic mass is 32.1. The molecule has 0 bridgehead atoms. The van der Waals surface area contributed by atoms with E-state index in [1.165, 1.54) is 0 Å². The minimum atomic E-state index is -0.197. The second-order valence-electron chi connectivity index (χ2n) is 4.94. The smallest absolute Gasteiger partial charge is 0.315 e. The molecule has 0 aromatic carbocycles. The highest BCUT2D eigenvalue weighted by Crippen LogP contribution is 2.41. The maximum Gasteiger partial charge on any atom is 0.315 e. The number of aromatic nitrogens is 2. The number of urea groups is 1. The van der Waals surface area contributed by atoms with E-state index in [1.54, 1.807) is 23.6 Å². The molecule has 7 heteroatoms. The summed E-state index contributed by atoms with van der Waals surface area (Å²) in [7, 11) is 0. The zero-order valence-electron chi connectivity index (χ0n) is 11.1. The lowest BCUT2D eigenvalue weighted by atomic mass is 10.2. The van der Waals surface area contributed by atoms with Crippen LogP contribution in [0.4, 0.5) is 4.79 Å². The van der Waals surface area contributed by atoms with Crippen molar-refractivity contribution < 1.29 is 9.32 Å². The van der Waals surface area contributed by atoms with Crippen LogP contribution in [-0.4, -0.2) is 16.2 Å². The van der Waals surface area contributed by atoms with Gasteiger partial charge in [-0.1, -0.05) is 5.16 Å². The van der Waals surface area contributed by atoms with Gasteiger partial charge in [-0.25, -0.2) is 9.78 Å². The highest BCUT2D eigenvalue weighted by Gasteiger charge is 2.34. The first-order valence-electron chi connectivity index (χ1n) is 6.58. The lowest BCUT2D eigenvalue weighted by Gasteiger charge is -2.16. The standard InChI is InChI=1S/C13H16N4O2S/c1-8-6-10(17-19-8)7-15-13(18)16-11(9-2-3-9)12-14-4-5-20-12/h4-6,9,11H,2-3,7H2,1H3,(H2,15,16,18)/t11-/m1/s1. The maximum atomic E-state index is 12.0. The van der Waals surface area contributed by atoms with Gasteiger partial charge in [0.25, 0.3) is 0 Å². The Bertz CT molecular complexity index is 577. The number of hydrogen-bond donors (Lipinski definition) is 2. The van der Waals surface area contributed by atoms with Crippen molar-refractivity contribution in [3.05, 3.63) is 34.1 Å². The number of carbonyl (C=O) groups excluding carboxylic acids is 1. The van der Waals surface area contributed by atoms with Crippen LogP contribution >= 0.6 is 11.3 Å². The number of nitrogens with zero attached hydrogens (tertiary/aromatic N) is 2. The third kappa shape index (κ3) is 3.16. The summed E-state index contributed by atoms with van der Waals surface area (Å²) in [4.78, 5) is 16.3. The van der Waals surface area contributed by atoms with Gasteiger partial charge in [0.2, 0.25) is 0 Å². The summed E-state index contributed by atoms with van der Waals surface area (Å²) < 4.78 is 4.95. The third-order valence-electron chi connectivity index (χ3n) is 3.20. The molecule has 3 rings (SSSR count). The average Bonchev–Trinajstić information content (AvgIpc) is 2.96. The van der Waals surface area contributed by atoms with Gasteiger partial charge in [-0.05, 0) is 25.7 Å². The van der Waals surface area contributed by atoms with Crippen molar-refractivity contribution in [3.63, 3.8) is 0 Å². The summed E-state index contributed by atoms with van der Waals surface area (Å²) in [5.74, 6) is 1.25. The Labute approximate surface area is 120 Å². The van der Waals surface area contributed by atoms with E-state index in [4.69, 9.17) is 4.52 Å². The number of amides is 2. The summed E-state index contributed by atoms with van der Waals surface area (Å²) in [5, 5.41) is 12.5. The lowest BCUT2D eigenvalue weighted by molar-refractivity contribution is 0.234. The van der Waals surface area contributed by atoms with Crippen LogP contribution in [0.5, 0.6) is 0 Å². The van der Waals surface area contributed by atoms with Crippen molar-refractivity contribution in [3.8, 4) is 0 Å². The average molecular weight is 292 g/mol. The van der Waals surface area contributed by atoms with E-state index in [1.807, 2.05) is 12.3 Å². The summed E-state index contributed by atoms with van der Waals surface area (Å²) in [6.45, 7) is 2.18. The molecule has 1 fully saturated rings. The van der Waals surface area contributed by atoms with Crippen molar-refractivity contribution >= 4 is 17.4 Å². The predicted molar refractivity (Wildman–Crippen MR) is 74.2 cm³/mol. The molecule has 0 saturated heterocycles. The van der Waals surface area contributed by atoms with Gasteiger partial charge in [-0.2, -0.15) is 0 Å². The van der Waals surface area contributed by atoms with Gasteiger partial charge in [0, 0.05) is 17.6 Å². The number of aryl methyl sites for hydroxylation is 1. The van der Waals surface area contributed by atoms with Crippen LogP contribution < -0.4 is 10.6 Å². The number of rotatable bonds is 5. The second-order valence-corrected chi connectivity index (χ2v) is 5.87. The van der Waals surface area contributed by atoms with Crippen molar-refractivity contribution in [1.29, 1.82) is 0 Å². The molecule has 1 atom stereocenters. The topological polar surface area (TPSA) is 80.0 Å². The van der Waals surface area contributed by atoms with Crippen LogP contribution in [0, 0.1) is 12.8 Å². The second kappa shape index (κ2) is 5.62. The van der Waals surface area contributed by atoms with Crippen molar-refractivity contribution in [2.24, 2.45) is 5.92 Å². The molecule has 1 aliphatic rings. The van der Waals surface area contributed by atoms with Crippen LogP contribution in [-0.2, 0) is 6.54 Å². The maximum absolute atomic E-state index is 12.0. The van der Waals surface area contributed by atoms with E-state index in [-0.39, 0.29) is 12.1 Å². The highest BCUT2D eigenvalue weighted by molar-refractivity contribution is 7.09. The lowest BCUT2D eigenvalue weighted by Crippen LogP contribution is -2.38. The quantitative estimate of drug-likeness (QED) is 0.886. The molecule has 2 heterocycles. The molecule has 6 nitrogen and oxygen atoms in total. The van der Waals surface area contributed by atoms with E-state index in [9.17, 15) is 4.79 Å². The van der Waals surface area contributed by atoms with Crippen LogP contribution in [0.15, 0.2) is 22.2 Å². The predicted octanol–water partition coefficient (Wildman–Crippen LogP) is 2.39. The Morgan fingerprint density at radius 3 is 3.05 bits per heavy atom. The molecule has 0 spiro atoms. The molecule has 1 aliphatic carbocycles. The monoisotopic (exact) mass is 292 g/mol. The molecular formula is C13H16N4O2S. The van der Waals surface area contributed by atoms with Crippen LogP contribution in [0.3, 0.4) is 0 Å². The minimum absolute atomic E-state index is 0.0223. The first-order valence-corrected chi connectivity index (χ1v) is 7.46. The molecular weight excluding hydrogens is 276 g/mol. The molecule has 20 heavy (non-hydrogen) atoms. The van der Waals surface area contributed by atoms with Gasteiger partial charge in [0.05, 0.1) is 12.6 Å². The van der Waals surface area contributed by atoms with Gasteiger partial charge in [-0.15, -0.1) is 11.3 Å². The van der Waals surface area contributed by atoms with Gasteiger partial charge in [-0.3, -0.25) is 0 Å². The van der Waals surface area contributed by atoms with Crippen molar-refractivity contribution in [1.82, 2.24) is 20.8 Å². The number of carbonyl (C=O) groups is 1. The number of nitrogens with one attached hydrogen (secondary N) is 2. The van der Waals surface area contributed by atoms with Crippen LogP contribution in [0.25, 0.3) is 0 Å². The van der Waals surface area contributed by atoms with E-state index >= 15 is 0 Å². The molecule has 106 valence electrons. The van der Waals surface area contributed by atoms with E-state index in [0.717, 1.165) is 29.3 Å². The first-order chi connectivity index (χ1) is 9.72. The Morgan fingerprint density at radius 2 is 2.45 bits per heavy atom. The van der Waals surface area contributed by atoms with Gasteiger partial charge >= 0.3 is 6.03 Å². The van der Waals surface area contributed by atoms with Gasteiger partial charge in [0.1, 0.15) is 16.5 Å². The minimum Gasteiger partial charge on any atom is -0.361 e. The van der Waals surface area contributed by atoms with E-state index in [2.05, 4.69) is 20.8 Å². The van der Waals surface area contributed by atoms with E-state index in [0.29, 0.717) is 12.5 Å². The number of hydrogen-bond acceptors (Lipinski definition) is 5. The first kappa shape index (κ1) is 13.1. The normalized spacial score (nSPS) is 15.8. The van der Waals surface area contributed by atoms with Crippen molar-refractivity contribution in [2.75, 3.05) is 0 Å². The molecule has 0 radical (unpaired) electrons. The fraction of sp³-hybridized carbons (Fsp3) is 0.462. The molecule has 2 aromatic rings. The molecule has 2 aromatic heterocycles. The molecule has 1 saturated carbocycles. The zero-order valence-corrected chi connectivity index (χ0v) is 11.9. The fourth-order valence-corrected chi connectivity index (χ4v) is 2.84. The third-order valence-corrected chi connectivity index (χ3v) is 4.06. The Balaban J connectivity index is 1.54. The molecule has 0 aliphatic heterocycles. The van der Waals surface area contributed by atoms with Crippen molar-refractivity contribution in [2.45, 2.75) is 32.4 Å². The summed E-state index contributed by atoms with van der Waals surface area (Å²) in [6, 6.07) is 1.63. The summed E-state index contributed by atoms with van der Waals surface area (Å²) >= 11 is 1.58. The Hall–Kier alpha value is -1.89. The van der Waals surface area contributed by atoms with Crippen LogP contribution in [0.1, 0.15) is 35.3 Å². The molecule has 2 N–H and O–H groups in total. The summed E-state index contributed by atoms with van der Waals surface area (Å²) in [6.07, 6.45) is 4.06. The Morgan fingerprint density at radius 1 is 1.60 bits per heavy atom. The SMILES string of the molecule is Cc1cc(CNC(=O)N[C@@H](c2nccs2)C2CC2)no1. The van der Waals surface area contributed by atoms with Gasteiger partial charge < -0.3 is 15.2 Å². The van der Waals surface area contributed by atoms with E-state index < -0.39 is 0 Å².